The number of nitrogens with zero attached hydrogens (tertiary/aromatic N) is 7. The van der Waals surface area contributed by atoms with Gasteiger partial charge in [-0.3, -0.25) is 13.9 Å². The maximum atomic E-state index is 13.0. The number of nitriles is 1. The average Bonchev–Trinajstić information content (AvgIpc) is 3.33. The number of fused-ring (bicyclic) bond motifs is 2. The molecule has 1 saturated heterocycles. The van der Waals surface area contributed by atoms with Crippen LogP contribution < -0.4 is 0 Å². The second-order valence-electron chi connectivity index (χ2n) is 7.70. The molecule has 0 unspecified atom stereocenters. The normalized spacial score (nSPS) is 14.5. The Hall–Kier alpha value is -3.41. The Bertz CT molecular complexity index is 1330. The Morgan fingerprint density at radius 2 is 1.87 bits per heavy atom. The molecule has 0 spiro atoms. The summed E-state index contributed by atoms with van der Waals surface area (Å²) in [5.74, 6) is 0.0567. The topological polar surface area (TPSA) is 82.5 Å². The van der Waals surface area contributed by atoms with Crippen LogP contribution in [0.15, 0.2) is 42.7 Å². The molecular weight excluding hydrogens is 414 g/mol. The lowest BCUT2D eigenvalue weighted by Gasteiger charge is -2.32. The number of piperazine rings is 1. The van der Waals surface area contributed by atoms with Gasteiger partial charge >= 0.3 is 0 Å². The van der Waals surface area contributed by atoms with E-state index in [9.17, 15) is 10.1 Å². The van der Waals surface area contributed by atoms with Gasteiger partial charge in [0.2, 0.25) is 0 Å². The molecule has 0 N–H and O–H groups in total. The van der Waals surface area contributed by atoms with Crippen LogP contribution in [0.4, 0.5) is 0 Å². The van der Waals surface area contributed by atoms with Crippen LogP contribution in [0.2, 0.25) is 0 Å². The fourth-order valence-electron chi connectivity index (χ4n) is 3.99. The Morgan fingerprint density at radius 3 is 2.61 bits per heavy atom. The predicted molar refractivity (Wildman–Crippen MR) is 120 cm³/mol. The minimum absolute atomic E-state index is 0. The van der Waals surface area contributed by atoms with E-state index >= 15 is 0 Å². The molecule has 9 heteroatoms. The van der Waals surface area contributed by atoms with Gasteiger partial charge in [0.1, 0.15) is 17.4 Å². The van der Waals surface area contributed by atoms with Crippen molar-refractivity contribution in [2.45, 2.75) is 0 Å². The van der Waals surface area contributed by atoms with Gasteiger partial charge < -0.3 is 9.80 Å². The number of benzene rings is 1. The first-order valence-electron chi connectivity index (χ1n) is 9.87. The Balaban J connectivity index is 0.00000231. The number of aromatic nitrogens is 4. The largest absolute Gasteiger partial charge is 0.336 e. The van der Waals surface area contributed by atoms with Crippen LogP contribution >= 0.6 is 12.4 Å². The maximum absolute atomic E-state index is 13.0. The summed E-state index contributed by atoms with van der Waals surface area (Å²) < 4.78 is 3.67. The molecule has 0 bridgehead atoms. The molecule has 3 aromatic heterocycles. The highest BCUT2D eigenvalue weighted by atomic mass is 35.5. The summed E-state index contributed by atoms with van der Waals surface area (Å²) in [6.45, 7) is 3.27. The zero-order chi connectivity index (χ0) is 20.8. The molecule has 8 nitrogen and oxygen atoms in total. The standard InChI is InChI=1S/C22H21N7O.ClH/c1-26-7-9-28(10-8-26)22(30)16-4-5-17-18(11-16)27(2)25-21(17)19-13-24-20-6-3-15(12-23)14-29(19)20;/h3-6,11,13-14H,7-10H2,1-2H3;1H. The van der Waals surface area contributed by atoms with Gasteiger partial charge in [-0.2, -0.15) is 10.4 Å². The first kappa shape index (κ1) is 20.8. The van der Waals surface area contributed by atoms with Crippen molar-refractivity contribution in [1.29, 1.82) is 5.26 Å². The molecule has 5 rings (SSSR count). The minimum atomic E-state index is 0. The maximum Gasteiger partial charge on any atom is 0.254 e. The number of pyridine rings is 1. The predicted octanol–water partition coefficient (Wildman–Crippen LogP) is 2.57. The summed E-state index contributed by atoms with van der Waals surface area (Å²) in [6, 6.07) is 11.5. The molecule has 0 aliphatic carbocycles. The molecule has 1 aromatic carbocycles. The van der Waals surface area contributed by atoms with Crippen molar-refractivity contribution in [2.75, 3.05) is 33.2 Å². The van der Waals surface area contributed by atoms with Gasteiger partial charge in [0.15, 0.2) is 0 Å². The van der Waals surface area contributed by atoms with Crippen LogP contribution in [-0.2, 0) is 7.05 Å². The third-order valence-electron chi connectivity index (χ3n) is 5.77. The summed E-state index contributed by atoms with van der Waals surface area (Å²) in [6.07, 6.45) is 3.53. The number of amides is 1. The van der Waals surface area contributed by atoms with E-state index in [0.717, 1.165) is 54.1 Å². The molecule has 4 aromatic rings. The van der Waals surface area contributed by atoms with Gasteiger partial charge in [-0.25, -0.2) is 4.98 Å². The van der Waals surface area contributed by atoms with Crippen molar-refractivity contribution in [3.05, 3.63) is 53.9 Å². The van der Waals surface area contributed by atoms with Crippen LogP contribution in [0.3, 0.4) is 0 Å². The molecule has 31 heavy (non-hydrogen) atoms. The second kappa shape index (κ2) is 8.02. The Kier molecular flexibility index (Phi) is 5.39. The van der Waals surface area contributed by atoms with Crippen molar-refractivity contribution >= 4 is 34.9 Å². The zero-order valence-electron chi connectivity index (χ0n) is 17.3. The third-order valence-corrected chi connectivity index (χ3v) is 5.77. The molecule has 4 heterocycles. The smallest absolute Gasteiger partial charge is 0.254 e. The van der Waals surface area contributed by atoms with E-state index < -0.39 is 0 Å². The van der Waals surface area contributed by atoms with Crippen molar-refractivity contribution in [2.24, 2.45) is 7.05 Å². The number of halogens is 1. The molecule has 1 aliphatic rings. The van der Waals surface area contributed by atoms with E-state index in [0.29, 0.717) is 11.1 Å². The van der Waals surface area contributed by atoms with Gasteiger partial charge in [0.25, 0.3) is 5.91 Å². The fraction of sp³-hybridized carbons (Fsp3) is 0.273. The Morgan fingerprint density at radius 1 is 1.10 bits per heavy atom. The number of imidazole rings is 1. The summed E-state index contributed by atoms with van der Waals surface area (Å²) in [5, 5.41) is 14.9. The number of carbonyl (C=O) groups excluding carboxylic acids is 1. The van der Waals surface area contributed by atoms with Gasteiger partial charge in [-0.15, -0.1) is 12.4 Å². The second-order valence-corrected chi connectivity index (χ2v) is 7.70. The average molecular weight is 436 g/mol. The van der Waals surface area contributed by atoms with Crippen LogP contribution in [0.1, 0.15) is 15.9 Å². The van der Waals surface area contributed by atoms with Crippen molar-refractivity contribution in [3.63, 3.8) is 0 Å². The van der Waals surface area contributed by atoms with E-state index in [1.165, 1.54) is 0 Å². The number of hydrogen-bond donors (Lipinski definition) is 0. The summed E-state index contributed by atoms with van der Waals surface area (Å²) in [7, 11) is 3.95. The van der Waals surface area contributed by atoms with E-state index in [1.54, 1.807) is 23.1 Å². The SMILES string of the molecule is CN1CCN(C(=O)c2ccc3c(-c4cnc5ccc(C#N)cn45)nn(C)c3c2)CC1.Cl. The summed E-state index contributed by atoms with van der Waals surface area (Å²) in [4.78, 5) is 21.6. The highest BCUT2D eigenvalue weighted by Gasteiger charge is 2.22. The minimum Gasteiger partial charge on any atom is -0.336 e. The lowest BCUT2D eigenvalue weighted by atomic mass is 10.1. The number of aryl methyl sites for hydroxylation is 1. The molecule has 1 aliphatic heterocycles. The zero-order valence-corrected chi connectivity index (χ0v) is 18.1. The molecule has 0 saturated carbocycles. The molecular formula is C22H22ClN7O. The molecule has 1 amide bonds. The van der Waals surface area contributed by atoms with Crippen LogP contribution in [0.25, 0.3) is 27.9 Å². The van der Waals surface area contributed by atoms with E-state index in [4.69, 9.17) is 5.10 Å². The van der Waals surface area contributed by atoms with Gasteiger partial charge in [-0.1, -0.05) is 0 Å². The quantitative estimate of drug-likeness (QED) is 0.483. The van der Waals surface area contributed by atoms with E-state index in [2.05, 4.69) is 23.0 Å². The molecule has 1 fully saturated rings. The summed E-state index contributed by atoms with van der Waals surface area (Å²) >= 11 is 0. The van der Waals surface area contributed by atoms with Crippen LogP contribution in [0, 0.1) is 11.3 Å². The van der Waals surface area contributed by atoms with Crippen molar-refractivity contribution in [1.82, 2.24) is 29.0 Å². The van der Waals surface area contributed by atoms with Crippen molar-refractivity contribution < 1.29 is 4.79 Å². The van der Waals surface area contributed by atoms with Crippen molar-refractivity contribution in [3.8, 4) is 17.5 Å². The van der Waals surface area contributed by atoms with Gasteiger partial charge in [0, 0.05) is 50.4 Å². The van der Waals surface area contributed by atoms with E-state index in [1.807, 2.05) is 40.6 Å². The van der Waals surface area contributed by atoms with Crippen LogP contribution in [-0.4, -0.2) is 68.1 Å². The number of hydrogen-bond acceptors (Lipinski definition) is 5. The molecule has 0 atom stereocenters. The molecule has 158 valence electrons. The van der Waals surface area contributed by atoms with Gasteiger partial charge in [-0.05, 0) is 37.4 Å². The lowest BCUT2D eigenvalue weighted by molar-refractivity contribution is 0.0664. The third kappa shape index (κ3) is 3.52. The first-order valence-corrected chi connectivity index (χ1v) is 9.87. The summed E-state index contributed by atoms with van der Waals surface area (Å²) in [5.41, 5.74) is 4.45. The first-order chi connectivity index (χ1) is 14.5. The highest BCUT2D eigenvalue weighted by Crippen LogP contribution is 2.29. The number of carbonyl (C=O) groups is 1. The number of rotatable bonds is 2. The lowest BCUT2D eigenvalue weighted by Crippen LogP contribution is -2.47. The molecule has 0 radical (unpaired) electrons. The number of likely N-dealkylation sites (N-methyl/N-ethyl adjacent to an activating group) is 1. The highest BCUT2D eigenvalue weighted by molar-refractivity contribution is 6.01. The fourth-order valence-corrected chi connectivity index (χ4v) is 3.99. The Labute approximate surface area is 185 Å². The van der Waals surface area contributed by atoms with E-state index in [-0.39, 0.29) is 18.3 Å². The van der Waals surface area contributed by atoms with Crippen LogP contribution in [0.5, 0.6) is 0 Å². The monoisotopic (exact) mass is 435 g/mol. The van der Waals surface area contributed by atoms with Gasteiger partial charge in [0.05, 0.1) is 23.0 Å².